The zero-order valence-corrected chi connectivity index (χ0v) is 25.2. The molecular formula is C31H24ClN7O4S. The van der Waals surface area contributed by atoms with Crippen molar-refractivity contribution in [2.75, 3.05) is 25.8 Å². The first kappa shape index (κ1) is 31.4. The van der Waals surface area contributed by atoms with Crippen LogP contribution >= 0.6 is 23.4 Å². The lowest BCUT2D eigenvalue weighted by Crippen LogP contribution is -2.11. The SMILES string of the molecule is [C-]#[N+]c1c(-c2ccc(OC)cc2)nc(Nc2ccc(Cl)cc2)[nH]c1=O.[C-]#[N+]c1c(-c2ccc(OC)cc2)nc(SC)[nH]c1=O. The van der Waals surface area contributed by atoms with Crippen molar-refractivity contribution in [3.05, 3.63) is 121 Å². The molecule has 0 atom stereocenters. The van der Waals surface area contributed by atoms with Gasteiger partial charge in [0, 0.05) is 10.7 Å². The molecule has 11 nitrogen and oxygen atoms in total. The van der Waals surface area contributed by atoms with Gasteiger partial charge in [-0.3, -0.25) is 9.59 Å². The zero-order chi connectivity index (χ0) is 31.6. The molecule has 0 aliphatic carbocycles. The molecule has 0 amide bonds. The van der Waals surface area contributed by atoms with Crippen LogP contribution in [0, 0.1) is 13.1 Å². The molecule has 0 saturated heterocycles. The van der Waals surface area contributed by atoms with Gasteiger partial charge in [0.2, 0.25) is 5.95 Å². The maximum atomic E-state index is 12.2. The van der Waals surface area contributed by atoms with Crippen LogP contribution in [0.1, 0.15) is 0 Å². The third-order valence-electron chi connectivity index (χ3n) is 6.02. The largest absolute Gasteiger partial charge is 0.497 e. The average Bonchev–Trinajstić information content (AvgIpc) is 3.05. The van der Waals surface area contributed by atoms with Gasteiger partial charge in [-0.15, -0.1) is 0 Å². The van der Waals surface area contributed by atoms with Crippen LogP contribution in [-0.2, 0) is 0 Å². The number of nitrogens with one attached hydrogen (secondary N) is 3. The summed E-state index contributed by atoms with van der Waals surface area (Å²) < 4.78 is 10.2. The Hall–Kier alpha value is -5.56. The molecule has 0 unspecified atom stereocenters. The smallest absolute Gasteiger partial charge is 0.276 e. The van der Waals surface area contributed by atoms with Crippen LogP contribution in [0.15, 0.2) is 87.5 Å². The molecular weight excluding hydrogens is 602 g/mol. The van der Waals surface area contributed by atoms with Gasteiger partial charge in [0.15, 0.2) is 5.16 Å². The van der Waals surface area contributed by atoms with E-state index in [0.29, 0.717) is 49.9 Å². The number of hydrogen-bond donors (Lipinski definition) is 3. The first-order chi connectivity index (χ1) is 21.3. The quantitative estimate of drug-likeness (QED) is 0.0991. The highest BCUT2D eigenvalue weighted by molar-refractivity contribution is 7.98. The molecule has 5 rings (SSSR count). The average molecular weight is 626 g/mol. The van der Waals surface area contributed by atoms with Crippen LogP contribution in [0.3, 0.4) is 0 Å². The molecule has 3 N–H and O–H groups in total. The Kier molecular flexibility index (Phi) is 10.4. The Bertz CT molecular complexity index is 1960. The molecule has 0 radical (unpaired) electrons. The van der Waals surface area contributed by atoms with E-state index in [0.717, 1.165) is 0 Å². The standard InChI is InChI=1S/C18H13ClN4O2.C13H11N3O2S/c1-20-16-15(11-3-9-14(25-2)10-4-11)22-18(23-17(16)24)21-13-7-5-12(19)6-8-13;1-14-11-10(15-13(19-3)16-12(11)17)8-4-6-9(18-2)7-5-8/h3-10H,2H3,(H2,21,22,23,24);4-7H,2-3H3,(H,15,16,17). The number of halogens is 1. The van der Waals surface area contributed by atoms with Gasteiger partial charge in [-0.1, -0.05) is 47.6 Å². The molecule has 0 spiro atoms. The predicted octanol–water partition coefficient (Wildman–Crippen LogP) is 7.11. The number of thioether (sulfide) groups is 1. The molecule has 0 aliphatic rings. The normalized spacial score (nSPS) is 10.0. The highest BCUT2D eigenvalue weighted by Crippen LogP contribution is 2.29. The molecule has 3 aromatic carbocycles. The van der Waals surface area contributed by atoms with Crippen molar-refractivity contribution in [3.63, 3.8) is 0 Å². The van der Waals surface area contributed by atoms with Crippen molar-refractivity contribution in [3.8, 4) is 34.0 Å². The summed E-state index contributed by atoms with van der Waals surface area (Å²) in [4.78, 5) is 44.5. The summed E-state index contributed by atoms with van der Waals surface area (Å²) in [6.07, 6.45) is 1.81. The molecule has 0 fully saturated rings. The number of benzene rings is 3. The Morgan fingerprint density at radius 2 is 1.23 bits per heavy atom. The van der Waals surface area contributed by atoms with Gasteiger partial charge in [-0.25, -0.2) is 19.7 Å². The fraction of sp³-hybridized carbons (Fsp3) is 0.0968. The molecule has 0 bridgehead atoms. The Balaban J connectivity index is 0.000000209. The van der Waals surface area contributed by atoms with Crippen LogP contribution in [0.2, 0.25) is 5.02 Å². The minimum atomic E-state index is -0.507. The van der Waals surface area contributed by atoms with E-state index in [1.54, 1.807) is 87.0 Å². The van der Waals surface area contributed by atoms with E-state index in [1.165, 1.54) is 11.8 Å². The van der Waals surface area contributed by atoms with Gasteiger partial charge in [0.1, 0.15) is 11.5 Å². The van der Waals surface area contributed by atoms with Crippen LogP contribution in [0.4, 0.5) is 23.0 Å². The Morgan fingerprint density at radius 3 is 1.68 bits per heavy atom. The van der Waals surface area contributed by atoms with E-state index in [-0.39, 0.29) is 17.3 Å². The number of nitrogens with zero attached hydrogens (tertiary/aromatic N) is 4. The second kappa shape index (κ2) is 14.6. The van der Waals surface area contributed by atoms with E-state index >= 15 is 0 Å². The monoisotopic (exact) mass is 625 g/mol. The molecule has 0 aliphatic heterocycles. The van der Waals surface area contributed by atoms with Gasteiger partial charge in [0.05, 0.1) is 38.8 Å². The maximum absolute atomic E-state index is 12.2. The van der Waals surface area contributed by atoms with Gasteiger partial charge < -0.3 is 24.8 Å². The van der Waals surface area contributed by atoms with Gasteiger partial charge in [-0.2, -0.15) is 0 Å². The van der Waals surface area contributed by atoms with Crippen molar-refractivity contribution in [1.29, 1.82) is 0 Å². The van der Waals surface area contributed by atoms with E-state index in [2.05, 4.69) is 34.9 Å². The molecule has 13 heteroatoms. The number of anilines is 2. The van der Waals surface area contributed by atoms with Crippen LogP contribution in [0.25, 0.3) is 32.2 Å². The van der Waals surface area contributed by atoms with Gasteiger partial charge in [0.25, 0.3) is 22.5 Å². The minimum Gasteiger partial charge on any atom is -0.497 e. The molecule has 0 saturated carbocycles. The molecule has 220 valence electrons. The minimum absolute atomic E-state index is 0.00275. The van der Waals surface area contributed by atoms with E-state index in [9.17, 15) is 9.59 Å². The number of H-pyrrole nitrogens is 2. The lowest BCUT2D eigenvalue weighted by molar-refractivity contribution is 0.415. The fourth-order valence-corrected chi connectivity index (χ4v) is 4.35. The lowest BCUT2D eigenvalue weighted by atomic mass is 10.1. The summed E-state index contributed by atoms with van der Waals surface area (Å²) in [6.45, 7) is 14.4. The Morgan fingerprint density at radius 1 is 0.750 bits per heavy atom. The van der Waals surface area contributed by atoms with Crippen molar-refractivity contribution >= 4 is 46.4 Å². The first-order valence-corrected chi connectivity index (χ1v) is 14.3. The highest BCUT2D eigenvalue weighted by atomic mass is 35.5. The molecule has 2 heterocycles. The summed E-state index contributed by atoms with van der Waals surface area (Å²) in [5.41, 5.74) is 1.79. The molecule has 2 aromatic heterocycles. The number of hydrogen-bond acceptors (Lipinski definition) is 8. The summed E-state index contributed by atoms with van der Waals surface area (Å²) in [5, 5.41) is 4.10. The van der Waals surface area contributed by atoms with Crippen LogP contribution < -0.4 is 25.9 Å². The second-order valence-corrected chi connectivity index (χ2v) is 9.93. The van der Waals surface area contributed by atoms with Crippen LogP contribution in [0.5, 0.6) is 11.5 Å². The number of rotatable bonds is 7. The van der Waals surface area contributed by atoms with Crippen molar-refractivity contribution in [2.45, 2.75) is 5.16 Å². The third-order valence-corrected chi connectivity index (χ3v) is 6.85. The van der Waals surface area contributed by atoms with E-state index in [4.69, 9.17) is 34.2 Å². The fourth-order valence-electron chi connectivity index (χ4n) is 3.85. The van der Waals surface area contributed by atoms with E-state index < -0.39 is 11.1 Å². The van der Waals surface area contributed by atoms with Gasteiger partial charge in [-0.05, 0) is 65.9 Å². The number of methoxy groups -OCH3 is 2. The first-order valence-electron chi connectivity index (χ1n) is 12.7. The highest BCUT2D eigenvalue weighted by Gasteiger charge is 2.15. The van der Waals surface area contributed by atoms with Crippen molar-refractivity contribution < 1.29 is 9.47 Å². The topological polar surface area (TPSA) is 131 Å². The number of aromatic nitrogens is 4. The number of ether oxygens (including phenoxy) is 2. The predicted molar refractivity (Wildman–Crippen MR) is 173 cm³/mol. The Labute approximate surface area is 261 Å². The number of aromatic amines is 2. The van der Waals surface area contributed by atoms with Crippen molar-refractivity contribution in [1.82, 2.24) is 19.9 Å². The van der Waals surface area contributed by atoms with E-state index in [1.807, 2.05) is 6.26 Å². The van der Waals surface area contributed by atoms with Crippen LogP contribution in [-0.4, -0.2) is 40.4 Å². The maximum Gasteiger partial charge on any atom is 0.276 e. The summed E-state index contributed by atoms with van der Waals surface area (Å²) in [6, 6.07) is 21.1. The zero-order valence-electron chi connectivity index (χ0n) is 23.6. The molecule has 44 heavy (non-hydrogen) atoms. The van der Waals surface area contributed by atoms with Gasteiger partial charge >= 0.3 is 0 Å². The summed E-state index contributed by atoms with van der Waals surface area (Å²) >= 11 is 7.19. The second-order valence-electron chi connectivity index (χ2n) is 8.70. The van der Waals surface area contributed by atoms with Crippen molar-refractivity contribution in [2.24, 2.45) is 0 Å². The lowest BCUT2D eigenvalue weighted by Gasteiger charge is -2.09. The molecule has 5 aromatic rings. The summed E-state index contributed by atoms with van der Waals surface area (Å²) in [5.74, 6) is 1.63. The summed E-state index contributed by atoms with van der Waals surface area (Å²) in [7, 11) is 3.15. The third kappa shape index (κ3) is 7.44.